The molecule has 1 saturated heterocycles. The molecule has 2 fully saturated rings. The fraction of sp³-hybridized carbons (Fsp3) is 0.933. The molecule has 4 heteroatoms. The molecule has 0 bridgehead atoms. The Kier molecular flexibility index (Phi) is 4.51. The highest BCUT2D eigenvalue weighted by Gasteiger charge is 2.40. The smallest absolute Gasteiger partial charge is 0.227 e. The minimum atomic E-state index is -0.312. The van der Waals surface area contributed by atoms with Crippen LogP contribution in [0.3, 0.4) is 0 Å². The number of hydrogen-bond acceptors (Lipinski definition) is 3. The predicted octanol–water partition coefficient (Wildman–Crippen LogP) is 1.48. The van der Waals surface area contributed by atoms with Gasteiger partial charge in [0.25, 0.3) is 0 Å². The molecular formula is C15H29N3O. The van der Waals surface area contributed by atoms with E-state index in [2.05, 4.69) is 6.92 Å². The molecule has 0 spiro atoms. The summed E-state index contributed by atoms with van der Waals surface area (Å²) in [5.41, 5.74) is 12.0. The first kappa shape index (κ1) is 14.8. The van der Waals surface area contributed by atoms with Crippen LogP contribution in [0.2, 0.25) is 0 Å². The van der Waals surface area contributed by atoms with Crippen LogP contribution in [-0.4, -0.2) is 35.5 Å². The topological polar surface area (TPSA) is 72.3 Å². The maximum Gasteiger partial charge on any atom is 0.227 e. The van der Waals surface area contributed by atoms with E-state index in [-0.39, 0.29) is 23.4 Å². The molecule has 3 unspecified atom stereocenters. The summed E-state index contributed by atoms with van der Waals surface area (Å²) >= 11 is 0. The van der Waals surface area contributed by atoms with Gasteiger partial charge in [-0.25, -0.2) is 0 Å². The zero-order valence-electron chi connectivity index (χ0n) is 12.4. The summed E-state index contributed by atoms with van der Waals surface area (Å²) in [6, 6.07) is 0.242. The van der Waals surface area contributed by atoms with Crippen LogP contribution < -0.4 is 11.5 Å². The van der Waals surface area contributed by atoms with Crippen molar-refractivity contribution in [1.82, 2.24) is 4.90 Å². The number of carbonyl (C=O) groups excluding carboxylic acids is 1. The predicted molar refractivity (Wildman–Crippen MR) is 77.5 cm³/mol. The zero-order valence-corrected chi connectivity index (χ0v) is 12.4. The molecule has 2 aliphatic rings. The number of rotatable bonds is 2. The maximum atomic E-state index is 12.7. The van der Waals surface area contributed by atoms with Gasteiger partial charge in [-0.3, -0.25) is 4.79 Å². The second kappa shape index (κ2) is 5.80. The molecule has 4 N–H and O–H groups in total. The number of nitrogens with two attached hydrogens (primary N) is 2. The highest BCUT2D eigenvalue weighted by atomic mass is 16.2. The van der Waals surface area contributed by atoms with E-state index in [1.165, 1.54) is 0 Å². The molecule has 19 heavy (non-hydrogen) atoms. The largest absolute Gasteiger partial charge is 0.342 e. The summed E-state index contributed by atoms with van der Waals surface area (Å²) in [6.45, 7) is 5.83. The van der Waals surface area contributed by atoms with Gasteiger partial charge >= 0.3 is 0 Å². The van der Waals surface area contributed by atoms with Crippen molar-refractivity contribution in [1.29, 1.82) is 0 Å². The standard InChI is InChI=1S/C15H29N3O/c1-11(16)12-6-9-18(10-7-12)14(19)13-5-3-4-8-15(13,2)17/h11-13H,3-10,16-17H2,1-2H3. The number of hydrogen-bond donors (Lipinski definition) is 2. The van der Waals surface area contributed by atoms with E-state index < -0.39 is 0 Å². The van der Waals surface area contributed by atoms with E-state index in [0.717, 1.165) is 51.6 Å². The Labute approximate surface area is 116 Å². The Morgan fingerprint density at radius 3 is 2.42 bits per heavy atom. The summed E-state index contributed by atoms with van der Waals surface area (Å²) in [5, 5.41) is 0. The van der Waals surface area contributed by atoms with Crippen LogP contribution in [0.25, 0.3) is 0 Å². The van der Waals surface area contributed by atoms with Crippen molar-refractivity contribution in [3.8, 4) is 0 Å². The summed E-state index contributed by atoms with van der Waals surface area (Å²) in [6.07, 6.45) is 6.30. The fourth-order valence-electron chi connectivity index (χ4n) is 3.63. The van der Waals surface area contributed by atoms with Crippen LogP contribution in [0.15, 0.2) is 0 Å². The van der Waals surface area contributed by atoms with Gasteiger partial charge in [-0.15, -0.1) is 0 Å². The van der Waals surface area contributed by atoms with Gasteiger partial charge in [0, 0.05) is 24.7 Å². The minimum absolute atomic E-state index is 0.0214. The molecule has 0 aromatic rings. The Balaban J connectivity index is 1.93. The van der Waals surface area contributed by atoms with Gasteiger partial charge in [0.1, 0.15) is 0 Å². The fourth-order valence-corrected chi connectivity index (χ4v) is 3.63. The quantitative estimate of drug-likeness (QED) is 0.796. The first-order valence-corrected chi connectivity index (χ1v) is 7.75. The average molecular weight is 267 g/mol. The van der Waals surface area contributed by atoms with Crippen LogP contribution in [0.5, 0.6) is 0 Å². The maximum absolute atomic E-state index is 12.7. The number of nitrogens with zero attached hydrogens (tertiary/aromatic N) is 1. The summed E-state index contributed by atoms with van der Waals surface area (Å²) in [5.74, 6) is 0.876. The molecule has 4 nitrogen and oxygen atoms in total. The van der Waals surface area contributed by atoms with E-state index in [0.29, 0.717) is 5.92 Å². The van der Waals surface area contributed by atoms with Crippen LogP contribution in [0.1, 0.15) is 52.4 Å². The highest BCUT2D eigenvalue weighted by Crippen LogP contribution is 2.34. The first-order chi connectivity index (χ1) is 8.92. The SMILES string of the molecule is CC(N)C1CCN(C(=O)C2CCCCC2(C)N)CC1. The van der Waals surface area contributed by atoms with E-state index in [4.69, 9.17) is 11.5 Å². The summed E-state index contributed by atoms with van der Waals surface area (Å²) in [4.78, 5) is 14.7. The van der Waals surface area contributed by atoms with Crippen LogP contribution >= 0.6 is 0 Å². The molecule has 2 rings (SSSR count). The van der Waals surface area contributed by atoms with Gasteiger partial charge < -0.3 is 16.4 Å². The summed E-state index contributed by atoms with van der Waals surface area (Å²) < 4.78 is 0. The van der Waals surface area contributed by atoms with Gasteiger partial charge in [0.05, 0.1) is 5.92 Å². The molecular weight excluding hydrogens is 238 g/mol. The molecule has 110 valence electrons. The van der Waals surface area contributed by atoms with E-state index >= 15 is 0 Å². The lowest BCUT2D eigenvalue weighted by molar-refractivity contribution is -0.140. The van der Waals surface area contributed by atoms with Gasteiger partial charge in [-0.1, -0.05) is 12.8 Å². The third-order valence-corrected chi connectivity index (χ3v) is 5.15. The van der Waals surface area contributed by atoms with Gasteiger partial charge in [0.15, 0.2) is 0 Å². The van der Waals surface area contributed by atoms with Crippen molar-refractivity contribution in [3.05, 3.63) is 0 Å². The van der Waals surface area contributed by atoms with Crippen molar-refractivity contribution in [3.63, 3.8) is 0 Å². The second-order valence-electron chi connectivity index (χ2n) is 6.83. The second-order valence-corrected chi connectivity index (χ2v) is 6.83. The highest BCUT2D eigenvalue weighted by molar-refractivity contribution is 5.80. The number of piperidine rings is 1. The normalized spacial score (nSPS) is 35.2. The Morgan fingerprint density at radius 1 is 1.26 bits per heavy atom. The van der Waals surface area contributed by atoms with E-state index in [1.807, 2.05) is 11.8 Å². The number of amides is 1. The lowest BCUT2D eigenvalue weighted by atomic mass is 9.73. The third kappa shape index (κ3) is 3.29. The van der Waals surface area contributed by atoms with Crippen molar-refractivity contribution >= 4 is 5.91 Å². The monoisotopic (exact) mass is 267 g/mol. The zero-order chi connectivity index (χ0) is 14.0. The Morgan fingerprint density at radius 2 is 1.89 bits per heavy atom. The van der Waals surface area contributed by atoms with Crippen LogP contribution in [-0.2, 0) is 4.79 Å². The Hall–Kier alpha value is -0.610. The number of likely N-dealkylation sites (tertiary alicyclic amines) is 1. The van der Waals surface area contributed by atoms with E-state index in [1.54, 1.807) is 0 Å². The summed E-state index contributed by atoms with van der Waals surface area (Å²) in [7, 11) is 0. The van der Waals surface area contributed by atoms with Gasteiger partial charge in [-0.05, 0) is 45.4 Å². The Bertz CT molecular complexity index is 319. The average Bonchev–Trinajstić information content (AvgIpc) is 2.37. The van der Waals surface area contributed by atoms with Gasteiger partial charge in [0.2, 0.25) is 5.91 Å². The lowest BCUT2D eigenvalue weighted by Gasteiger charge is -2.42. The third-order valence-electron chi connectivity index (χ3n) is 5.15. The molecule has 0 aromatic heterocycles. The lowest BCUT2D eigenvalue weighted by Crippen LogP contribution is -2.55. The molecule has 0 aromatic carbocycles. The molecule has 0 radical (unpaired) electrons. The molecule has 1 saturated carbocycles. The molecule has 3 atom stereocenters. The van der Waals surface area contributed by atoms with Gasteiger partial charge in [-0.2, -0.15) is 0 Å². The molecule has 1 aliphatic carbocycles. The molecule has 1 heterocycles. The van der Waals surface area contributed by atoms with Crippen molar-refractivity contribution in [2.45, 2.75) is 64.0 Å². The van der Waals surface area contributed by atoms with Crippen molar-refractivity contribution in [2.24, 2.45) is 23.3 Å². The molecule has 1 aliphatic heterocycles. The minimum Gasteiger partial charge on any atom is -0.342 e. The van der Waals surface area contributed by atoms with Crippen molar-refractivity contribution in [2.75, 3.05) is 13.1 Å². The van der Waals surface area contributed by atoms with Crippen LogP contribution in [0, 0.1) is 11.8 Å². The molecule has 1 amide bonds. The van der Waals surface area contributed by atoms with Crippen LogP contribution in [0.4, 0.5) is 0 Å². The number of carbonyl (C=O) groups is 1. The first-order valence-electron chi connectivity index (χ1n) is 7.75. The van der Waals surface area contributed by atoms with E-state index in [9.17, 15) is 4.79 Å². The van der Waals surface area contributed by atoms with Crippen molar-refractivity contribution < 1.29 is 4.79 Å².